The third kappa shape index (κ3) is 2.49. The van der Waals surface area contributed by atoms with Gasteiger partial charge in [0.1, 0.15) is 5.65 Å². The third-order valence-corrected chi connectivity index (χ3v) is 5.38. The van der Waals surface area contributed by atoms with Crippen molar-refractivity contribution in [1.82, 2.24) is 19.5 Å². The predicted octanol–water partition coefficient (Wildman–Crippen LogP) is 2.92. The SMILES string of the molecule is N#Cc1ccc(N2CCC[C@@H](n3c(=O)[nH]c4cnc5[nH]ccc5c43)C2)cc1. The molecule has 1 aromatic carbocycles. The summed E-state index contributed by atoms with van der Waals surface area (Å²) in [6.45, 7) is 1.70. The fourth-order valence-corrected chi connectivity index (χ4v) is 4.12. The molecular weight excluding hydrogens is 340 g/mol. The number of nitrogens with one attached hydrogen (secondary N) is 2. The molecule has 4 heterocycles. The van der Waals surface area contributed by atoms with E-state index in [-0.39, 0.29) is 11.7 Å². The number of nitriles is 1. The molecule has 4 aromatic rings. The first kappa shape index (κ1) is 15.7. The summed E-state index contributed by atoms with van der Waals surface area (Å²) in [6.07, 6.45) is 5.52. The van der Waals surface area contributed by atoms with Gasteiger partial charge in [0.05, 0.1) is 34.9 Å². The zero-order valence-corrected chi connectivity index (χ0v) is 14.6. The average molecular weight is 358 g/mol. The number of benzene rings is 1. The Hall–Kier alpha value is -3.53. The smallest absolute Gasteiger partial charge is 0.326 e. The van der Waals surface area contributed by atoms with Crippen LogP contribution in [0.5, 0.6) is 0 Å². The molecule has 2 N–H and O–H groups in total. The van der Waals surface area contributed by atoms with Crippen LogP contribution in [0.15, 0.2) is 47.5 Å². The number of rotatable bonds is 2. The largest absolute Gasteiger partial charge is 0.369 e. The summed E-state index contributed by atoms with van der Waals surface area (Å²) in [6, 6.07) is 11.8. The van der Waals surface area contributed by atoms with Crippen molar-refractivity contribution in [2.45, 2.75) is 18.9 Å². The fourth-order valence-electron chi connectivity index (χ4n) is 4.12. The van der Waals surface area contributed by atoms with Crippen LogP contribution in [0.1, 0.15) is 24.4 Å². The molecular formula is C20H18N6O. The molecule has 1 saturated heterocycles. The van der Waals surface area contributed by atoms with E-state index < -0.39 is 0 Å². The van der Waals surface area contributed by atoms with Crippen LogP contribution in [0.3, 0.4) is 0 Å². The molecule has 1 atom stereocenters. The molecule has 5 rings (SSSR count). The highest BCUT2D eigenvalue weighted by molar-refractivity contribution is 6.00. The average Bonchev–Trinajstić information content (AvgIpc) is 3.31. The number of hydrogen-bond acceptors (Lipinski definition) is 4. The summed E-state index contributed by atoms with van der Waals surface area (Å²) < 4.78 is 1.89. The molecule has 0 unspecified atom stereocenters. The van der Waals surface area contributed by atoms with Gasteiger partial charge in [-0.3, -0.25) is 4.57 Å². The third-order valence-electron chi connectivity index (χ3n) is 5.38. The maximum absolute atomic E-state index is 12.7. The molecule has 3 aromatic heterocycles. The van der Waals surface area contributed by atoms with Crippen molar-refractivity contribution in [3.8, 4) is 6.07 Å². The van der Waals surface area contributed by atoms with Crippen molar-refractivity contribution in [3.63, 3.8) is 0 Å². The highest BCUT2D eigenvalue weighted by Crippen LogP contribution is 2.30. The van der Waals surface area contributed by atoms with Gasteiger partial charge >= 0.3 is 5.69 Å². The van der Waals surface area contributed by atoms with E-state index in [1.807, 2.05) is 41.1 Å². The van der Waals surface area contributed by atoms with Crippen LogP contribution in [0, 0.1) is 11.3 Å². The van der Waals surface area contributed by atoms with Crippen molar-refractivity contribution < 1.29 is 0 Å². The zero-order chi connectivity index (χ0) is 18.4. The molecule has 0 bridgehead atoms. The lowest BCUT2D eigenvalue weighted by Crippen LogP contribution is -2.39. The molecule has 0 spiro atoms. The fraction of sp³-hybridized carbons (Fsp3) is 0.250. The Bertz CT molecular complexity index is 1220. The van der Waals surface area contributed by atoms with Crippen LogP contribution in [-0.2, 0) is 0 Å². The van der Waals surface area contributed by atoms with Gasteiger partial charge in [-0.1, -0.05) is 0 Å². The van der Waals surface area contributed by atoms with Crippen molar-refractivity contribution in [1.29, 1.82) is 5.26 Å². The molecule has 134 valence electrons. The normalized spacial score (nSPS) is 17.4. The van der Waals surface area contributed by atoms with Gasteiger partial charge in [-0.25, -0.2) is 9.78 Å². The van der Waals surface area contributed by atoms with E-state index in [1.54, 1.807) is 6.20 Å². The summed E-state index contributed by atoms with van der Waals surface area (Å²) in [5.74, 6) is 0. The van der Waals surface area contributed by atoms with Crippen molar-refractivity contribution in [3.05, 3.63) is 58.8 Å². The molecule has 7 heteroatoms. The highest BCUT2D eigenvalue weighted by Gasteiger charge is 2.25. The molecule has 0 amide bonds. The lowest BCUT2D eigenvalue weighted by molar-refractivity contribution is 0.406. The van der Waals surface area contributed by atoms with Crippen LogP contribution < -0.4 is 10.6 Å². The number of fused-ring (bicyclic) bond motifs is 3. The topological polar surface area (TPSA) is 93.5 Å². The van der Waals surface area contributed by atoms with Gasteiger partial charge in [-0.05, 0) is 43.2 Å². The van der Waals surface area contributed by atoms with Crippen LogP contribution >= 0.6 is 0 Å². The van der Waals surface area contributed by atoms with Gasteiger partial charge in [0, 0.05) is 30.4 Å². The monoisotopic (exact) mass is 358 g/mol. The molecule has 1 aliphatic heterocycles. The maximum atomic E-state index is 12.7. The van der Waals surface area contributed by atoms with Crippen molar-refractivity contribution in [2.24, 2.45) is 0 Å². The van der Waals surface area contributed by atoms with E-state index in [4.69, 9.17) is 5.26 Å². The number of nitrogens with zero attached hydrogens (tertiary/aromatic N) is 4. The first-order valence-electron chi connectivity index (χ1n) is 9.06. The summed E-state index contributed by atoms with van der Waals surface area (Å²) in [5, 5.41) is 9.95. The number of aromatic amines is 2. The Morgan fingerprint density at radius 1 is 1.22 bits per heavy atom. The Labute approximate surface area is 154 Å². The first-order chi connectivity index (χ1) is 13.2. The lowest BCUT2D eigenvalue weighted by Gasteiger charge is -2.35. The zero-order valence-electron chi connectivity index (χ0n) is 14.6. The second-order valence-corrected chi connectivity index (χ2v) is 6.96. The summed E-state index contributed by atoms with van der Waals surface area (Å²) in [4.78, 5) is 25.5. The molecule has 1 aliphatic rings. The number of aromatic nitrogens is 4. The molecule has 27 heavy (non-hydrogen) atoms. The predicted molar refractivity (Wildman–Crippen MR) is 104 cm³/mol. The van der Waals surface area contributed by atoms with Crippen molar-refractivity contribution >= 4 is 27.8 Å². The van der Waals surface area contributed by atoms with Crippen LogP contribution in [-0.4, -0.2) is 32.6 Å². The maximum Gasteiger partial charge on any atom is 0.326 e. The number of anilines is 1. The quantitative estimate of drug-likeness (QED) is 0.576. The molecule has 7 nitrogen and oxygen atoms in total. The lowest BCUT2D eigenvalue weighted by atomic mass is 10.0. The van der Waals surface area contributed by atoms with Gasteiger partial charge in [0.15, 0.2) is 0 Å². The first-order valence-corrected chi connectivity index (χ1v) is 9.06. The highest BCUT2D eigenvalue weighted by atomic mass is 16.1. The van der Waals surface area contributed by atoms with Gasteiger partial charge in [-0.15, -0.1) is 0 Å². The second kappa shape index (κ2) is 6.02. The number of pyridine rings is 1. The van der Waals surface area contributed by atoms with Gasteiger partial charge in [0.25, 0.3) is 0 Å². The van der Waals surface area contributed by atoms with E-state index in [0.29, 0.717) is 5.56 Å². The summed E-state index contributed by atoms with van der Waals surface area (Å²) >= 11 is 0. The Kier molecular flexibility index (Phi) is 3.50. The summed E-state index contributed by atoms with van der Waals surface area (Å²) in [5.41, 5.74) is 4.12. The van der Waals surface area contributed by atoms with Gasteiger partial charge in [-0.2, -0.15) is 5.26 Å². The Balaban J connectivity index is 1.56. The number of piperidine rings is 1. The number of H-pyrrole nitrogens is 2. The molecule has 0 aliphatic carbocycles. The minimum atomic E-state index is -0.0906. The second-order valence-electron chi connectivity index (χ2n) is 6.96. The Morgan fingerprint density at radius 3 is 2.89 bits per heavy atom. The van der Waals surface area contributed by atoms with Crippen LogP contribution in [0.4, 0.5) is 5.69 Å². The molecule has 0 saturated carbocycles. The van der Waals surface area contributed by atoms with Gasteiger partial charge in [0.2, 0.25) is 0 Å². The van der Waals surface area contributed by atoms with E-state index in [9.17, 15) is 4.79 Å². The molecule has 1 fully saturated rings. The minimum Gasteiger partial charge on any atom is -0.369 e. The number of hydrogen-bond donors (Lipinski definition) is 2. The Morgan fingerprint density at radius 2 is 2.07 bits per heavy atom. The van der Waals surface area contributed by atoms with E-state index in [0.717, 1.165) is 53.7 Å². The van der Waals surface area contributed by atoms with Gasteiger partial charge < -0.3 is 14.9 Å². The van der Waals surface area contributed by atoms with E-state index in [1.165, 1.54) is 0 Å². The minimum absolute atomic E-state index is 0.0798. The van der Waals surface area contributed by atoms with Crippen LogP contribution in [0.25, 0.3) is 22.1 Å². The molecule has 0 radical (unpaired) electrons. The van der Waals surface area contributed by atoms with E-state index in [2.05, 4.69) is 25.9 Å². The summed E-state index contributed by atoms with van der Waals surface area (Å²) in [7, 11) is 0. The van der Waals surface area contributed by atoms with Crippen molar-refractivity contribution in [2.75, 3.05) is 18.0 Å². The standard InChI is InChI=1S/C20H18N6O/c21-10-13-3-5-14(6-4-13)25-9-1-2-15(12-25)26-18-16-7-8-22-19(16)23-11-17(18)24-20(26)27/h3-8,11,15H,1-2,9,12H2,(H,22,23)(H,24,27)/t15-/m1/s1. The number of imidazole rings is 1. The van der Waals surface area contributed by atoms with E-state index >= 15 is 0 Å². The van der Waals surface area contributed by atoms with Crippen LogP contribution in [0.2, 0.25) is 0 Å².